The molecular weight excluding hydrogens is 221 g/mol. The highest BCUT2D eigenvalue weighted by Crippen LogP contribution is 2.27. The Morgan fingerprint density at radius 2 is 2.00 bits per heavy atom. The van der Waals surface area contributed by atoms with E-state index in [0.717, 1.165) is 0 Å². The SMILES string of the molecule is COc1ccc(C(N)CC(C)(C)OC)c(F)c1. The van der Waals surface area contributed by atoms with Gasteiger partial charge < -0.3 is 15.2 Å². The largest absolute Gasteiger partial charge is 0.497 e. The predicted octanol–water partition coefficient (Wildman–Crippen LogP) is 2.65. The molecule has 4 heteroatoms. The molecule has 2 N–H and O–H groups in total. The maximum atomic E-state index is 13.8. The summed E-state index contributed by atoms with van der Waals surface area (Å²) in [7, 11) is 3.12. The van der Waals surface area contributed by atoms with Gasteiger partial charge in [0.1, 0.15) is 11.6 Å². The van der Waals surface area contributed by atoms with Crippen LogP contribution in [0.2, 0.25) is 0 Å². The van der Waals surface area contributed by atoms with Gasteiger partial charge in [-0.3, -0.25) is 0 Å². The number of methoxy groups -OCH3 is 2. The molecule has 0 fully saturated rings. The van der Waals surface area contributed by atoms with E-state index < -0.39 is 6.04 Å². The molecule has 1 unspecified atom stereocenters. The quantitative estimate of drug-likeness (QED) is 0.862. The molecule has 0 amide bonds. The molecule has 0 radical (unpaired) electrons. The number of ether oxygens (including phenoxy) is 2. The smallest absolute Gasteiger partial charge is 0.131 e. The lowest BCUT2D eigenvalue weighted by atomic mass is 9.94. The van der Waals surface area contributed by atoms with Crippen LogP contribution in [0.15, 0.2) is 18.2 Å². The van der Waals surface area contributed by atoms with Gasteiger partial charge in [0.25, 0.3) is 0 Å². The summed E-state index contributed by atoms with van der Waals surface area (Å²) in [6.45, 7) is 3.85. The summed E-state index contributed by atoms with van der Waals surface area (Å²) in [5.74, 6) is 0.146. The van der Waals surface area contributed by atoms with Gasteiger partial charge in [0.2, 0.25) is 0 Å². The van der Waals surface area contributed by atoms with Crippen molar-refractivity contribution in [3.05, 3.63) is 29.6 Å². The number of nitrogens with two attached hydrogens (primary N) is 1. The summed E-state index contributed by atoms with van der Waals surface area (Å²) in [6.07, 6.45) is 0.548. The van der Waals surface area contributed by atoms with Gasteiger partial charge in [0.05, 0.1) is 12.7 Å². The van der Waals surface area contributed by atoms with Crippen molar-refractivity contribution in [1.29, 1.82) is 0 Å². The molecule has 0 aliphatic rings. The third-order valence-corrected chi connectivity index (χ3v) is 2.87. The first-order valence-corrected chi connectivity index (χ1v) is 5.54. The first-order valence-electron chi connectivity index (χ1n) is 5.54. The monoisotopic (exact) mass is 241 g/mol. The van der Waals surface area contributed by atoms with Gasteiger partial charge in [0, 0.05) is 24.8 Å². The van der Waals surface area contributed by atoms with Crippen LogP contribution >= 0.6 is 0 Å². The Kier molecular flexibility index (Phi) is 4.48. The Hall–Kier alpha value is -1.13. The second-order valence-electron chi connectivity index (χ2n) is 4.66. The van der Waals surface area contributed by atoms with E-state index in [-0.39, 0.29) is 11.4 Å². The predicted molar refractivity (Wildman–Crippen MR) is 65.6 cm³/mol. The second kappa shape index (κ2) is 5.47. The van der Waals surface area contributed by atoms with Gasteiger partial charge in [-0.15, -0.1) is 0 Å². The summed E-state index contributed by atoms with van der Waals surface area (Å²) in [6, 6.07) is 4.31. The van der Waals surface area contributed by atoms with Gasteiger partial charge in [-0.1, -0.05) is 6.07 Å². The molecule has 0 saturated carbocycles. The average Bonchev–Trinajstić information content (AvgIpc) is 2.28. The fourth-order valence-corrected chi connectivity index (χ4v) is 1.66. The maximum Gasteiger partial charge on any atom is 0.131 e. The van der Waals surface area contributed by atoms with Crippen LogP contribution in [0.4, 0.5) is 4.39 Å². The van der Waals surface area contributed by atoms with Crippen LogP contribution in [0.1, 0.15) is 31.9 Å². The summed E-state index contributed by atoms with van der Waals surface area (Å²) in [5.41, 5.74) is 6.10. The van der Waals surface area contributed by atoms with Crippen molar-refractivity contribution >= 4 is 0 Å². The fourth-order valence-electron chi connectivity index (χ4n) is 1.66. The van der Waals surface area contributed by atoms with Crippen LogP contribution in [0.25, 0.3) is 0 Å². The number of rotatable bonds is 5. The summed E-state index contributed by atoms with van der Waals surface area (Å²) in [5, 5.41) is 0. The average molecular weight is 241 g/mol. The molecule has 3 nitrogen and oxygen atoms in total. The first-order chi connectivity index (χ1) is 7.89. The van der Waals surface area contributed by atoms with Crippen molar-refractivity contribution in [3.8, 4) is 5.75 Å². The van der Waals surface area contributed by atoms with Crippen LogP contribution in [0.3, 0.4) is 0 Å². The molecule has 0 bridgehead atoms. The zero-order chi connectivity index (χ0) is 13.1. The third-order valence-electron chi connectivity index (χ3n) is 2.87. The van der Waals surface area contributed by atoms with E-state index in [2.05, 4.69) is 0 Å². The van der Waals surface area contributed by atoms with Gasteiger partial charge >= 0.3 is 0 Å². The molecule has 1 rings (SSSR count). The lowest BCUT2D eigenvalue weighted by Gasteiger charge is -2.26. The normalized spacial score (nSPS) is 13.5. The van der Waals surface area contributed by atoms with Crippen molar-refractivity contribution in [1.82, 2.24) is 0 Å². The van der Waals surface area contributed by atoms with E-state index in [1.165, 1.54) is 13.2 Å². The molecule has 1 aromatic carbocycles. The lowest BCUT2D eigenvalue weighted by Crippen LogP contribution is -2.29. The number of benzene rings is 1. The van der Waals surface area contributed by atoms with Crippen molar-refractivity contribution in [2.75, 3.05) is 14.2 Å². The molecule has 17 heavy (non-hydrogen) atoms. The van der Waals surface area contributed by atoms with Crippen LogP contribution in [0, 0.1) is 5.82 Å². The standard InChI is InChI=1S/C13H20FNO2/c1-13(2,17-4)8-12(15)10-6-5-9(16-3)7-11(10)14/h5-7,12H,8,15H2,1-4H3. The van der Waals surface area contributed by atoms with E-state index >= 15 is 0 Å². The van der Waals surface area contributed by atoms with E-state index in [9.17, 15) is 4.39 Å². The van der Waals surface area contributed by atoms with Crippen LogP contribution in [-0.4, -0.2) is 19.8 Å². The van der Waals surface area contributed by atoms with Crippen molar-refractivity contribution in [2.24, 2.45) is 5.73 Å². The molecule has 1 atom stereocenters. The van der Waals surface area contributed by atoms with Gasteiger partial charge in [-0.2, -0.15) is 0 Å². The molecule has 1 aromatic rings. The Morgan fingerprint density at radius 1 is 1.35 bits per heavy atom. The van der Waals surface area contributed by atoms with E-state index in [1.807, 2.05) is 13.8 Å². The molecule has 0 spiro atoms. The zero-order valence-electron chi connectivity index (χ0n) is 10.8. The molecule has 0 aliphatic heterocycles. The van der Waals surface area contributed by atoms with Crippen LogP contribution in [-0.2, 0) is 4.74 Å². The highest BCUT2D eigenvalue weighted by Gasteiger charge is 2.23. The molecule has 0 saturated heterocycles. The second-order valence-corrected chi connectivity index (χ2v) is 4.66. The minimum Gasteiger partial charge on any atom is -0.497 e. The maximum absolute atomic E-state index is 13.8. The van der Waals surface area contributed by atoms with Crippen LogP contribution < -0.4 is 10.5 Å². The Bertz CT molecular complexity index is 380. The highest BCUT2D eigenvalue weighted by atomic mass is 19.1. The first kappa shape index (κ1) is 13.9. The third kappa shape index (κ3) is 3.68. The Balaban J connectivity index is 2.86. The molecule has 0 heterocycles. The highest BCUT2D eigenvalue weighted by molar-refractivity contribution is 5.30. The van der Waals surface area contributed by atoms with Gasteiger partial charge in [0.15, 0.2) is 0 Å². The number of halogens is 1. The number of hydrogen-bond donors (Lipinski definition) is 1. The summed E-state index contributed by atoms with van der Waals surface area (Å²) < 4.78 is 24.0. The van der Waals surface area contributed by atoms with Crippen molar-refractivity contribution in [2.45, 2.75) is 31.9 Å². The Labute approximate surface area is 102 Å². The van der Waals surface area contributed by atoms with E-state index in [4.69, 9.17) is 15.2 Å². The van der Waals surface area contributed by atoms with Gasteiger partial charge in [-0.25, -0.2) is 4.39 Å². The lowest BCUT2D eigenvalue weighted by molar-refractivity contribution is 0.00973. The molecule has 0 aromatic heterocycles. The zero-order valence-corrected chi connectivity index (χ0v) is 10.8. The number of hydrogen-bond acceptors (Lipinski definition) is 3. The Morgan fingerprint density at radius 3 is 2.47 bits per heavy atom. The molecular formula is C13H20FNO2. The molecule has 96 valence electrons. The van der Waals surface area contributed by atoms with Crippen molar-refractivity contribution < 1.29 is 13.9 Å². The van der Waals surface area contributed by atoms with Crippen LogP contribution in [0.5, 0.6) is 5.75 Å². The van der Waals surface area contributed by atoms with Gasteiger partial charge in [-0.05, 0) is 26.3 Å². The summed E-state index contributed by atoms with van der Waals surface area (Å²) >= 11 is 0. The fraction of sp³-hybridized carbons (Fsp3) is 0.538. The van der Waals surface area contributed by atoms with Crippen molar-refractivity contribution in [3.63, 3.8) is 0 Å². The van der Waals surface area contributed by atoms with E-state index in [0.29, 0.717) is 17.7 Å². The molecule has 0 aliphatic carbocycles. The van der Waals surface area contributed by atoms with E-state index in [1.54, 1.807) is 19.2 Å². The minimum absolute atomic E-state index is 0.344. The minimum atomic E-state index is -0.393. The summed E-state index contributed by atoms with van der Waals surface area (Å²) in [4.78, 5) is 0. The topological polar surface area (TPSA) is 44.5 Å².